The van der Waals surface area contributed by atoms with Gasteiger partial charge in [-0.25, -0.2) is 0 Å². The lowest BCUT2D eigenvalue weighted by Gasteiger charge is -2.07. The van der Waals surface area contributed by atoms with E-state index in [1.54, 1.807) is 30.3 Å². The number of nitrogens with one attached hydrogen (secondary N) is 2. The minimum absolute atomic E-state index is 0.258. The Bertz CT molecular complexity index is 917. The van der Waals surface area contributed by atoms with Gasteiger partial charge in [0, 0.05) is 12.2 Å². The van der Waals surface area contributed by atoms with Crippen molar-refractivity contribution in [1.29, 1.82) is 5.26 Å². The van der Waals surface area contributed by atoms with Crippen LogP contribution >= 0.6 is 0 Å². The highest BCUT2D eigenvalue weighted by Gasteiger charge is 2.08. The van der Waals surface area contributed by atoms with E-state index in [0.717, 1.165) is 17.7 Å². The number of carbonyl (C=O) groups excluding carboxylic acids is 1. The molecule has 3 rings (SSSR count). The monoisotopic (exact) mass is 343 g/mol. The number of amides is 1. The lowest BCUT2D eigenvalue weighted by molar-refractivity contribution is 0.0948. The molecule has 0 saturated heterocycles. The van der Waals surface area contributed by atoms with Crippen molar-refractivity contribution in [2.24, 2.45) is 0 Å². The Morgan fingerprint density at radius 2 is 1.85 bits per heavy atom. The van der Waals surface area contributed by atoms with E-state index < -0.39 is 0 Å². The molecule has 0 radical (unpaired) electrons. The summed E-state index contributed by atoms with van der Waals surface area (Å²) < 4.78 is 0. The summed E-state index contributed by atoms with van der Waals surface area (Å²) in [6.45, 7) is 0.533. The zero-order chi connectivity index (χ0) is 18.2. The van der Waals surface area contributed by atoms with Crippen LogP contribution in [-0.2, 0) is 6.42 Å². The van der Waals surface area contributed by atoms with Gasteiger partial charge in [0.1, 0.15) is 0 Å². The average molecular weight is 343 g/mol. The van der Waals surface area contributed by atoms with Crippen LogP contribution in [0.25, 0.3) is 0 Å². The van der Waals surface area contributed by atoms with Gasteiger partial charge in [-0.05, 0) is 42.3 Å². The van der Waals surface area contributed by atoms with Crippen molar-refractivity contribution < 1.29 is 4.79 Å². The van der Waals surface area contributed by atoms with Gasteiger partial charge in [0.15, 0.2) is 11.5 Å². The molecule has 3 aromatic rings. The molecule has 6 heteroatoms. The van der Waals surface area contributed by atoms with Gasteiger partial charge in [0.25, 0.3) is 5.91 Å². The number of rotatable bonds is 6. The maximum absolute atomic E-state index is 12.1. The third-order valence-electron chi connectivity index (χ3n) is 3.70. The van der Waals surface area contributed by atoms with Crippen molar-refractivity contribution in [1.82, 2.24) is 15.5 Å². The van der Waals surface area contributed by atoms with Crippen molar-refractivity contribution >= 4 is 17.4 Å². The number of carbonyl (C=O) groups is 1. The minimum Gasteiger partial charge on any atom is -0.350 e. The number of nitriles is 1. The first-order chi connectivity index (χ1) is 12.7. The second-order valence-electron chi connectivity index (χ2n) is 5.61. The lowest BCUT2D eigenvalue weighted by Crippen LogP contribution is -2.26. The Kier molecular flexibility index (Phi) is 5.53. The molecule has 1 heterocycles. The van der Waals surface area contributed by atoms with Gasteiger partial charge in [0.05, 0.1) is 11.6 Å². The smallest absolute Gasteiger partial charge is 0.271 e. The van der Waals surface area contributed by atoms with Gasteiger partial charge in [-0.15, -0.1) is 10.2 Å². The standard InChI is InChI=1S/C20H17N5O/c21-14-16-7-4-8-17(13-16)23-19-10-9-18(24-25-19)20(26)22-12-11-15-5-2-1-3-6-15/h1-10,13H,11-12H2,(H,22,26)(H,23,25). The lowest BCUT2D eigenvalue weighted by atomic mass is 10.1. The maximum atomic E-state index is 12.1. The Balaban J connectivity index is 1.55. The number of hydrogen-bond acceptors (Lipinski definition) is 5. The quantitative estimate of drug-likeness (QED) is 0.718. The molecule has 6 nitrogen and oxygen atoms in total. The molecule has 1 aromatic heterocycles. The van der Waals surface area contributed by atoms with Crippen LogP contribution in [0.3, 0.4) is 0 Å². The van der Waals surface area contributed by atoms with Gasteiger partial charge in [0.2, 0.25) is 0 Å². The van der Waals surface area contributed by atoms with Crippen molar-refractivity contribution in [3.8, 4) is 6.07 Å². The third kappa shape index (κ3) is 4.65. The van der Waals surface area contributed by atoms with Crippen molar-refractivity contribution in [2.45, 2.75) is 6.42 Å². The highest BCUT2D eigenvalue weighted by Crippen LogP contribution is 2.15. The zero-order valence-electron chi connectivity index (χ0n) is 14.0. The largest absolute Gasteiger partial charge is 0.350 e. The van der Waals surface area contributed by atoms with E-state index >= 15 is 0 Å². The topological polar surface area (TPSA) is 90.7 Å². The van der Waals surface area contributed by atoms with Gasteiger partial charge < -0.3 is 10.6 Å². The molecule has 0 aliphatic carbocycles. The predicted molar refractivity (Wildman–Crippen MR) is 99.0 cm³/mol. The Morgan fingerprint density at radius 3 is 2.58 bits per heavy atom. The first-order valence-electron chi connectivity index (χ1n) is 8.17. The number of benzene rings is 2. The predicted octanol–water partition coefficient (Wildman–Crippen LogP) is 3.06. The molecule has 128 valence electrons. The highest BCUT2D eigenvalue weighted by molar-refractivity contribution is 5.92. The molecule has 26 heavy (non-hydrogen) atoms. The first kappa shape index (κ1) is 17.1. The Labute approximate surface area is 151 Å². The van der Waals surface area contributed by atoms with E-state index in [-0.39, 0.29) is 11.6 Å². The van der Waals surface area contributed by atoms with E-state index in [2.05, 4.69) is 26.9 Å². The fourth-order valence-corrected chi connectivity index (χ4v) is 2.39. The summed E-state index contributed by atoms with van der Waals surface area (Å²) in [7, 11) is 0. The summed E-state index contributed by atoms with van der Waals surface area (Å²) >= 11 is 0. The molecule has 0 spiro atoms. The minimum atomic E-state index is -0.258. The van der Waals surface area contributed by atoms with E-state index in [0.29, 0.717) is 17.9 Å². The maximum Gasteiger partial charge on any atom is 0.271 e. The third-order valence-corrected chi connectivity index (χ3v) is 3.70. The van der Waals surface area contributed by atoms with Crippen LogP contribution in [0.15, 0.2) is 66.7 Å². The molecule has 1 amide bonds. The number of hydrogen-bond donors (Lipinski definition) is 2. The fraction of sp³-hybridized carbons (Fsp3) is 0.100. The van der Waals surface area contributed by atoms with Gasteiger partial charge in [-0.1, -0.05) is 36.4 Å². The molecular formula is C20H17N5O. The van der Waals surface area contributed by atoms with Crippen molar-refractivity contribution in [3.05, 3.63) is 83.6 Å². The molecule has 0 bridgehead atoms. The number of aromatic nitrogens is 2. The summed E-state index contributed by atoms with van der Waals surface area (Å²) in [4.78, 5) is 12.1. The van der Waals surface area contributed by atoms with Crippen LogP contribution in [0.1, 0.15) is 21.6 Å². The highest BCUT2D eigenvalue weighted by atomic mass is 16.1. The number of nitrogens with zero attached hydrogens (tertiary/aromatic N) is 3. The average Bonchev–Trinajstić information content (AvgIpc) is 2.69. The molecule has 0 fully saturated rings. The molecule has 2 aromatic carbocycles. The van der Waals surface area contributed by atoms with Gasteiger partial charge in [-0.3, -0.25) is 4.79 Å². The van der Waals surface area contributed by atoms with Gasteiger partial charge in [-0.2, -0.15) is 5.26 Å². The van der Waals surface area contributed by atoms with E-state index in [1.807, 2.05) is 36.4 Å². The molecule has 0 aliphatic heterocycles. The molecule has 0 saturated carbocycles. The SMILES string of the molecule is N#Cc1cccc(Nc2ccc(C(=O)NCCc3ccccc3)nn2)c1. The first-order valence-corrected chi connectivity index (χ1v) is 8.17. The Morgan fingerprint density at radius 1 is 1.00 bits per heavy atom. The summed E-state index contributed by atoms with van der Waals surface area (Å²) in [5.74, 6) is 0.243. The van der Waals surface area contributed by atoms with E-state index in [9.17, 15) is 4.79 Å². The molecule has 0 unspecified atom stereocenters. The zero-order valence-corrected chi connectivity index (χ0v) is 14.0. The summed E-state index contributed by atoms with van der Waals surface area (Å²) in [5.41, 5.74) is 2.71. The van der Waals surface area contributed by atoms with Crippen molar-refractivity contribution in [2.75, 3.05) is 11.9 Å². The summed E-state index contributed by atoms with van der Waals surface area (Å²) in [5, 5.41) is 22.8. The van der Waals surface area contributed by atoms with Crippen LogP contribution in [-0.4, -0.2) is 22.6 Å². The number of anilines is 2. The normalized spacial score (nSPS) is 9.96. The summed E-state index contributed by atoms with van der Waals surface area (Å²) in [6.07, 6.45) is 0.759. The molecular weight excluding hydrogens is 326 g/mol. The fourth-order valence-electron chi connectivity index (χ4n) is 2.39. The second kappa shape index (κ2) is 8.40. The molecule has 0 aliphatic rings. The van der Waals surface area contributed by atoms with Crippen molar-refractivity contribution in [3.63, 3.8) is 0 Å². The van der Waals surface area contributed by atoms with Crippen LogP contribution < -0.4 is 10.6 Å². The second-order valence-corrected chi connectivity index (χ2v) is 5.61. The summed E-state index contributed by atoms with van der Waals surface area (Å²) in [6, 6.07) is 22.4. The van der Waals surface area contributed by atoms with Crippen LogP contribution in [0.4, 0.5) is 11.5 Å². The van der Waals surface area contributed by atoms with Crippen LogP contribution in [0.5, 0.6) is 0 Å². The van der Waals surface area contributed by atoms with E-state index in [4.69, 9.17) is 5.26 Å². The van der Waals surface area contributed by atoms with Crippen LogP contribution in [0, 0.1) is 11.3 Å². The molecule has 2 N–H and O–H groups in total. The molecule has 0 atom stereocenters. The van der Waals surface area contributed by atoms with E-state index in [1.165, 1.54) is 0 Å². The Hall–Kier alpha value is -3.72. The van der Waals surface area contributed by atoms with Crippen LogP contribution in [0.2, 0.25) is 0 Å². The van der Waals surface area contributed by atoms with Gasteiger partial charge >= 0.3 is 0 Å².